The molecule has 0 radical (unpaired) electrons. The molecule has 2 aromatic heterocycles. The summed E-state index contributed by atoms with van der Waals surface area (Å²) in [5, 5.41) is 12.4. The maximum atomic E-state index is 13.4. The van der Waals surface area contributed by atoms with Crippen molar-refractivity contribution in [1.29, 1.82) is 0 Å². The van der Waals surface area contributed by atoms with Gasteiger partial charge >= 0.3 is 0 Å². The summed E-state index contributed by atoms with van der Waals surface area (Å²) >= 11 is 6.17. The van der Waals surface area contributed by atoms with Gasteiger partial charge in [0, 0.05) is 5.02 Å². The average molecular weight is 452 g/mol. The Morgan fingerprint density at radius 3 is 2.41 bits per heavy atom. The van der Waals surface area contributed by atoms with Crippen molar-refractivity contribution in [3.05, 3.63) is 93.3 Å². The van der Waals surface area contributed by atoms with Crippen molar-refractivity contribution in [1.82, 2.24) is 19.6 Å². The summed E-state index contributed by atoms with van der Waals surface area (Å²) in [7, 11) is 0. The summed E-state index contributed by atoms with van der Waals surface area (Å²) in [5.41, 5.74) is 5.66. The minimum atomic E-state index is -0.387. The first-order valence-electron chi connectivity index (χ1n) is 10.2. The largest absolute Gasteiger partial charge is 0.319 e. The molecule has 0 aliphatic carbocycles. The summed E-state index contributed by atoms with van der Waals surface area (Å²) in [6.45, 7) is 7.77. The van der Waals surface area contributed by atoms with Gasteiger partial charge in [0.15, 0.2) is 0 Å². The van der Waals surface area contributed by atoms with Gasteiger partial charge in [-0.05, 0) is 57.5 Å². The normalized spacial score (nSPS) is 11.1. The molecule has 0 unspecified atom stereocenters. The van der Waals surface area contributed by atoms with Crippen LogP contribution in [0, 0.1) is 33.5 Å². The van der Waals surface area contributed by atoms with Gasteiger partial charge in [-0.25, -0.2) is 9.07 Å². The predicted octanol–water partition coefficient (Wildman–Crippen LogP) is 5.40. The number of amides is 1. The van der Waals surface area contributed by atoms with E-state index < -0.39 is 0 Å². The molecule has 6 nitrogen and oxygen atoms in total. The van der Waals surface area contributed by atoms with E-state index in [-0.39, 0.29) is 11.7 Å². The SMILES string of the molecule is Cc1nn(Cc2ccc(F)cc2Cl)c(C)c1NC(=O)c1c(C)nn(-c2ccccc2)c1C. The topological polar surface area (TPSA) is 64.7 Å². The number of hydrogen-bond acceptors (Lipinski definition) is 3. The van der Waals surface area contributed by atoms with Gasteiger partial charge in [0.2, 0.25) is 0 Å². The second-order valence-corrected chi connectivity index (χ2v) is 8.09. The van der Waals surface area contributed by atoms with E-state index in [1.54, 1.807) is 15.4 Å². The van der Waals surface area contributed by atoms with Gasteiger partial charge < -0.3 is 5.32 Å². The van der Waals surface area contributed by atoms with Crippen molar-refractivity contribution < 1.29 is 9.18 Å². The Balaban J connectivity index is 1.61. The van der Waals surface area contributed by atoms with Crippen molar-refractivity contribution in [2.24, 2.45) is 0 Å². The van der Waals surface area contributed by atoms with Gasteiger partial charge in [-0.1, -0.05) is 35.9 Å². The molecule has 4 aromatic rings. The Labute approximate surface area is 190 Å². The number of carbonyl (C=O) groups excluding carboxylic acids is 1. The molecule has 0 saturated carbocycles. The highest BCUT2D eigenvalue weighted by molar-refractivity contribution is 6.31. The van der Waals surface area contributed by atoms with Crippen LogP contribution in [0.5, 0.6) is 0 Å². The molecule has 0 bridgehead atoms. The molecule has 0 aliphatic rings. The molecule has 0 atom stereocenters. The second-order valence-electron chi connectivity index (χ2n) is 7.69. The molecular formula is C24H23ClFN5O. The lowest BCUT2D eigenvalue weighted by Gasteiger charge is -2.09. The van der Waals surface area contributed by atoms with Crippen LogP contribution in [0.4, 0.5) is 10.1 Å². The number of halogens is 2. The fourth-order valence-electron chi connectivity index (χ4n) is 3.81. The van der Waals surface area contributed by atoms with Crippen LogP contribution in [0.1, 0.15) is 38.7 Å². The van der Waals surface area contributed by atoms with Crippen LogP contribution >= 0.6 is 11.6 Å². The summed E-state index contributed by atoms with van der Waals surface area (Å²) in [4.78, 5) is 13.2. The van der Waals surface area contributed by atoms with Crippen LogP contribution in [-0.4, -0.2) is 25.5 Å². The molecule has 2 heterocycles. The van der Waals surface area contributed by atoms with Gasteiger partial charge in [0.1, 0.15) is 5.82 Å². The quantitative estimate of drug-likeness (QED) is 0.442. The van der Waals surface area contributed by atoms with Crippen molar-refractivity contribution in [2.45, 2.75) is 34.2 Å². The first kappa shape index (κ1) is 21.8. The summed E-state index contributed by atoms with van der Waals surface area (Å²) in [6, 6.07) is 14.0. The third-order valence-electron chi connectivity index (χ3n) is 5.47. The second kappa shape index (κ2) is 8.59. The van der Waals surface area contributed by atoms with Crippen molar-refractivity contribution >= 4 is 23.2 Å². The zero-order chi connectivity index (χ0) is 23.0. The van der Waals surface area contributed by atoms with E-state index in [2.05, 4.69) is 15.5 Å². The fourth-order valence-corrected chi connectivity index (χ4v) is 4.04. The van der Waals surface area contributed by atoms with Gasteiger partial charge in [0.05, 0.1) is 46.3 Å². The van der Waals surface area contributed by atoms with E-state index in [1.165, 1.54) is 12.1 Å². The molecule has 1 amide bonds. The van der Waals surface area contributed by atoms with Crippen molar-refractivity contribution in [3.8, 4) is 5.69 Å². The average Bonchev–Trinajstić information content (AvgIpc) is 3.20. The number of para-hydroxylation sites is 1. The van der Waals surface area contributed by atoms with Gasteiger partial charge in [-0.15, -0.1) is 0 Å². The van der Waals surface area contributed by atoms with E-state index in [9.17, 15) is 9.18 Å². The van der Waals surface area contributed by atoms with E-state index in [0.29, 0.717) is 34.2 Å². The molecule has 0 saturated heterocycles. The number of nitrogens with one attached hydrogen (secondary N) is 1. The van der Waals surface area contributed by atoms with Crippen LogP contribution in [0.15, 0.2) is 48.5 Å². The number of hydrogen-bond donors (Lipinski definition) is 1. The molecule has 164 valence electrons. The van der Waals surface area contributed by atoms with Crippen LogP contribution < -0.4 is 5.32 Å². The van der Waals surface area contributed by atoms with Gasteiger partial charge in [-0.3, -0.25) is 9.48 Å². The Hall–Kier alpha value is -3.45. The monoisotopic (exact) mass is 451 g/mol. The van der Waals surface area contributed by atoms with Crippen LogP contribution in [0.25, 0.3) is 5.69 Å². The smallest absolute Gasteiger partial charge is 0.259 e. The van der Waals surface area contributed by atoms with Gasteiger partial charge in [0.25, 0.3) is 5.91 Å². The number of benzene rings is 2. The lowest BCUT2D eigenvalue weighted by Crippen LogP contribution is -2.15. The van der Waals surface area contributed by atoms with E-state index in [4.69, 9.17) is 11.6 Å². The highest BCUT2D eigenvalue weighted by Crippen LogP contribution is 2.25. The zero-order valence-corrected chi connectivity index (χ0v) is 19.0. The minimum Gasteiger partial charge on any atom is -0.319 e. The maximum absolute atomic E-state index is 13.4. The number of nitrogens with zero attached hydrogens (tertiary/aromatic N) is 4. The number of carbonyl (C=O) groups is 1. The van der Waals surface area contributed by atoms with Crippen molar-refractivity contribution in [2.75, 3.05) is 5.32 Å². The van der Waals surface area contributed by atoms with E-state index >= 15 is 0 Å². The highest BCUT2D eigenvalue weighted by Gasteiger charge is 2.22. The van der Waals surface area contributed by atoms with Crippen molar-refractivity contribution in [3.63, 3.8) is 0 Å². The summed E-state index contributed by atoms with van der Waals surface area (Å²) < 4.78 is 16.9. The van der Waals surface area contributed by atoms with Crippen LogP contribution in [0.2, 0.25) is 5.02 Å². The molecule has 0 aliphatic heterocycles. The first-order chi connectivity index (χ1) is 15.3. The molecule has 0 spiro atoms. The zero-order valence-electron chi connectivity index (χ0n) is 18.3. The Bertz CT molecular complexity index is 1310. The van der Waals surface area contributed by atoms with Gasteiger partial charge in [-0.2, -0.15) is 10.2 Å². The molecule has 2 aromatic carbocycles. The Morgan fingerprint density at radius 2 is 1.72 bits per heavy atom. The molecule has 8 heteroatoms. The molecule has 1 N–H and O–H groups in total. The molecule has 4 rings (SSSR count). The number of rotatable bonds is 5. The summed E-state index contributed by atoms with van der Waals surface area (Å²) in [6.07, 6.45) is 0. The Kier molecular flexibility index (Phi) is 5.84. The van der Waals surface area contributed by atoms with Crippen LogP contribution in [-0.2, 0) is 6.54 Å². The van der Waals surface area contributed by atoms with E-state index in [0.717, 1.165) is 22.6 Å². The lowest BCUT2D eigenvalue weighted by molar-refractivity contribution is 0.102. The number of aryl methyl sites for hydroxylation is 2. The Morgan fingerprint density at radius 1 is 1.00 bits per heavy atom. The summed E-state index contributed by atoms with van der Waals surface area (Å²) in [5.74, 6) is -0.630. The fraction of sp³-hybridized carbons (Fsp3) is 0.208. The molecular weight excluding hydrogens is 429 g/mol. The van der Waals surface area contributed by atoms with Crippen LogP contribution in [0.3, 0.4) is 0 Å². The number of aromatic nitrogens is 4. The van der Waals surface area contributed by atoms with E-state index in [1.807, 2.05) is 58.0 Å². The molecule has 0 fully saturated rings. The maximum Gasteiger partial charge on any atom is 0.259 e. The third kappa shape index (κ3) is 4.03. The first-order valence-corrected chi connectivity index (χ1v) is 10.5. The number of anilines is 1. The standard InChI is InChI=1S/C24H23ClFN5O/c1-14-22(16(3)31(29-14)20-8-6-5-7-9-20)24(32)27-23-15(2)28-30(17(23)4)13-18-10-11-19(26)12-21(18)25/h5-12H,13H2,1-4H3,(H,27,32). The molecule has 32 heavy (non-hydrogen) atoms. The minimum absolute atomic E-state index is 0.243. The third-order valence-corrected chi connectivity index (χ3v) is 5.83. The highest BCUT2D eigenvalue weighted by atomic mass is 35.5. The predicted molar refractivity (Wildman–Crippen MR) is 123 cm³/mol. The lowest BCUT2D eigenvalue weighted by atomic mass is 10.1.